The molecule has 0 aliphatic carbocycles. The molecule has 1 heterocycles. The van der Waals surface area contributed by atoms with Gasteiger partial charge in [0, 0.05) is 18.4 Å². The van der Waals surface area contributed by atoms with Crippen LogP contribution in [0.25, 0.3) is 0 Å². The fourth-order valence-electron chi connectivity index (χ4n) is 3.33. The Bertz CT molecular complexity index is 991. The van der Waals surface area contributed by atoms with Crippen molar-refractivity contribution < 1.29 is 13.9 Å². The number of imidazole rings is 1. The molecule has 0 spiro atoms. The second-order valence-electron chi connectivity index (χ2n) is 6.95. The first-order valence-corrected chi connectivity index (χ1v) is 9.48. The average Bonchev–Trinajstić information content (AvgIpc) is 2.96. The number of rotatable bonds is 8. The largest absolute Gasteiger partial charge is 0.508 e. The molecular weight excluding hydrogens is 362 g/mol. The molecule has 0 unspecified atom stereocenters. The predicted octanol–water partition coefficient (Wildman–Crippen LogP) is 4.27. The van der Waals surface area contributed by atoms with Gasteiger partial charge in [0.1, 0.15) is 5.75 Å². The Labute approximate surface area is 162 Å². The monoisotopic (exact) mass is 386 g/mol. The van der Waals surface area contributed by atoms with E-state index < -0.39 is 11.6 Å². The quantitative estimate of drug-likeness (QED) is 0.629. The third-order valence-electron chi connectivity index (χ3n) is 4.75. The summed E-state index contributed by atoms with van der Waals surface area (Å²) in [5, 5.41) is 9.36. The number of aromatic nitrogens is 2. The fourth-order valence-corrected chi connectivity index (χ4v) is 3.33. The minimum atomic E-state index is -0.910. The van der Waals surface area contributed by atoms with Crippen LogP contribution in [0.3, 0.4) is 0 Å². The molecule has 0 amide bonds. The van der Waals surface area contributed by atoms with Crippen molar-refractivity contribution in [2.45, 2.75) is 45.7 Å². The van der Waals surface area contributed by atoms with E-state index in [4.69, 9.17) is 0 Å². The molecule has 1 N–H and O–H groups in total. The van der Waals surface area contributed by atoms with Crippen LogP contribution >= 0.6 is 0 Å². The van der Waals surface area contributed by atoms with Gasteiger partial charge in [0.25, 0.3) is 0 Å². The van der Waals surface area contributed by atoms with Crippen LogP contribution in [-0.2, 0) is 25.9 Å². The molecule has 0 aliphatic heterocycles. The molecule has 0 atom stereocenters. The Morgan fingerprint density at radius 3 is 2.36 bits per heavy atom. The lowest BCUT2D eigenvalue weighted by molar-refractivity contribution is 0.475. The number of phenolic OH excluding ortho intramolecular Hbond substituents is 1. The van der Waals surface area contributed by atoms with E-state index in [1.807, 2.05) is 25.3 Å². The number of hydrogen-bond donors (Lipinski definition) is 1. The standard InChI is InChI=1S/C22H24F2N2O2/c1-2-12-26-18(5-3-4-16-6-9-19(27)10-7-16)15-25(22(26)28)14-17-8-11-20(23)21(24)13-17/h6-11,13,15,27H,2-5,12,14H2,1H3. The zero-order valence-corrected chi connectivity index (χ0v) is 15.9. The minimum Gasteiger partial charge on any atom is -0.508 e. The van der Waals surface area contributed by atoms with Crippen molar-refractivity contribution in [1.82, 2.24) is 9.13 Å². The second-order valence-corrected chi connectivity index (χ2v) is 6.95. The van der Waals surface area contributed by atoms with Crippen LogP contribution in [0.4, 0.5) is 8.78 Å². The highest BCUT2D eigenvalue weighted by Crippen LogP contribution is 2.14. The van der Waals surface area contributed by atoms with Gasteiger partial charge in [0.2, 0.25) is 0 Å². The maximum Gasteiger partial charge on any atom is 0.328 e. The molecule has 3 rings (SSSR count). The number of benzene rings is 2. The fraction of sp³-hybridized carbons (Fsp3) is 0.318. The average molecular weight is 386 g/mol. The highest BCUT2D eigenvalue weighted by molar-refractivity contribution is 5.26. The van der Waals surface area contributed by atoms with Gasteiger partial charge in [0.15, 0.2) is 11.6 Å². The van der Waals surface area contributed by atoms with Gasteiger partial charge in [-0.15, -0.1) is 0 Å². The molecule has 0 bridgehead atoms. The topological polar surface area (TPSA) is 47.2 Å². The lowest BCUT2D eigenvalue weighted by Crippen LogP contribution is -2.25. The molecule has 1 aromatic heterocycles. The Balaban J connectivity index is 1.74. The maximum atomic E-state index is 13.5. The molecule has 6 heteroatoms. The molecule has 3 aromatic rings. The van der Waals surface area contributed by atoms with Gasteiger partial charge in [-0.3, -0.25) is 9.13 Å². The maximum absolute atomic E-state index is 13.5. The van der Waals surface area contributed by atoms with Gasteiger partial charge in [0.05, 0.1) is 6.54 Å². The Morgan fingerprint density at radius 1 is 0.964 bits per heavy atom. The van der Waals surface area contributed by atoms with Crippen LogP contribution in [0.15, 0.2) is 53.5 Å². The summed E-state index contributed by atoms with van der Waals surface area (Å²) in [6.07, 6.45) is 5.09. The third kappa shape index (κ3) is 4.68. The SMILES string of the molecule is CCCn1c(CCCc2ccc(O)cc2)cn(Cc2ccc(F)c(F)c2)c1=O. The van der Waals surface area contributed by atoms with Crippen LogP contribution in [-0.4, -0.2) is 14.2 Å². The Kier molecular flexibility index (Phi) is 6.29. The van der Waals surface area contributed by atoms with E-state index in [-0.39, 0.29) is 18.0 Å². The van der Waals surface area contributed by atoms with E-state index in [9.17, 15) is 18.7 Å². The zero-order valence-electron chi connectivity index (χ0n) is 15.9. The smallest absolute Gasteiger partial charge is 0.328 e. The van der Waals surface area contributed by atoms with Crippen molar-refractivity contribution >= 4 is 0 Å². The van der Waals surface area contributed by atoms with Crippen LogP contribution in [0, 0.1) is 11.6 Å². The number of halogens is 2. The number of hydrogen-bond acceptors (Lipinski definition) is 2. The van der Waals surface area contributed by atoms with Gasteiger partial charge in [-0.05, 0) is 61.1 Å². The highest BCUT2D eigenvalue weighted by atomic mass is 19.2. The van der Waals surface area contributed by atoms with Gasteiger partial charge < -0.3 is 5.11 Å². The lowest BCUT2D eigenvalue weighted by atomic mass is 10.1. The summed E-state index contributed by atoms with van der Waals surface area (Å²) in [4.78, 5) is 12.7. The number of nitrogens with zero attached hydrogens (tertiary/aromatic N) is 2. The van der Waals surface area contributed by atoms with Crippen molar-refractivity contribution in [3.05, 3.63) is 87.6 Å². The first kappa shape index (κ1) is 19.9. The van der Waals surface area contributed by atoms with Gasteiger partial charge >= 0.3 is 5.69 Å². The molecule has 0 radical (unpaired) electrons. The third-order valence-corrected chi connectivity index (χ3v) is 4.75. The van der Waals surface area contributed by atoms with Gasteiger partial charge in [-0.25, -0.2) is 13.6 Å². The number of aromatic hydroxyl groups is 1. The molecule has 0 aliphatic rings. The molecule has 2 aromatic carbocycles. The lowest BCUT2D eigenvalue weighted by Gasteiger charge is -2.06. The minimum absolute atomic E-state index is 0.133. The van der Waals surface area contributed by atoms with Crippen molar-refractivity contribution in [3.63, 3.8) is 0 Å². The molecule has 0 fully saturated rings. The molecule has 148 valence electrons. The summed E-state index contributed by atoms with van der Waals surface area (Å²) < 4.78 is 29.9. The molecule has 4 nitrogen and oxygen atoms in total. The zero-order chi connectivity index (χ0) is 20.1. The number of phenols is 1. The van der Waals surface area contributed by atoms with Crippen molar-refractivity contribution in [2.24, 2.45) is 0 Å². The Morgan fingerprint density at radius 2 is 1.68 bits per heavy atom. The first-order valence-electron chi connectivity index (χ1n) is 9.48. The van der Waals surface area contributed by atoms with Crippen LogP contribution < -0.4 is 5.69 Å². The van der Waals surface area contributed by atoms with Crippen molar-refractivity contribution in [1.29, 1.82) is 0 Å². The van der Waals surface area contributed by atoms with Crippen LogP contribution in [0.1, 0.15) is 36.6 Å². The van der Waals surface area contributed by atoms with E-state index in [2.05, 4.69) is 0 Å². The summed E-state index contributed by atoms with van der Waals surface area (Å²) in [6.45, 7) is 2.84. The summed E-state index contributed by atoms with van der Waals surface area (Å²) in [7, 11) is 0. The van der Waals surface area contributed by atoms with Crippen molar-refractivity contribution in [3.8, 4) is 5.75 Å². The summed E-state index contributed by atoms with van der Waals surface area (Å²) in [5.41, 5.74) is 2.48. The van der Waals surface area contributed by atoms with Crippen molar-refractivity contribution in [2.75, 3.05) is 0 Å². The predicted molar refractivity (Wildman–Crippen MR) is 105 cm³/mol. The molecular formula is C22H24F2N2O2. The van der Waals surface area contributed by atoms with E-state index in [1.54, 1.807) is 21.3 Å². The summed E-state index contributed by atoms with van der Waals surface area (Å²) in [5.74, 6) is -1.56. The van der Waals surface area contributed by atoms with E-state index in [0.29, 0.717) is 12.1 Å². The second kappa shape index (κ2) is 8.87. The van der Waals surface area contributed by atoms with Crippen LogP contribution in [0.5, 0.6) is 5.75 Å². The summed E-state index contributed by atoms with van der Waals surface area (Å²) in [6, 6.07) is 10.8. The van der Waals surface area contributed by atoms with Crippen LogP contribution in [0.2, 0.25) is 0 Å². The highest BCUT2D eigenvalue weighted by Gasteiger charge is 2.12. The van der Waals surface area contributed by atoms with Gasteiger partial charge in [-0.1, -0.05) is 25.1 Å². The van der Waals surface area contributed by atoms with E-state index in [0.717, 1.165) is 49.1 Å². The van der Waals surface area contributed by atoms with E-state index in [1.165, 1.54) is 6.07 Å². The normalized spacial score (nSPS) is 11.1. The molecule has 28 heavy (non-hydrogen) atoms. The van der Waals surface area contributed by atoms with E-state index >= 15 is 0 Å². The Hall–Kier alpha value is -2.89. The molecule has 0 saturated heterocycles. The summed E-state index contributed by atoms with van der Waals surface area (Å²) >= 11 is 0. The molecule has 0 saturated carbocycles. The number of aryl methyl sites for hydroxylation is 2. The first-order chi connectivity index (χ1) is 13.5. The van der Waals surface area contributed by atoms with Gasteiger partial charge in [-0.2, -0.15) is 0 Å².